The number of fused-ring (bicyclic) bond motifs is 1. The molecule has 4 rings (SSSR count). The van der Waals surface area contributed by atoms with E-state index in [9.17, 15) is 18.4 Å². The molecule has 2 aliphatic rings. The van der Waals surface area contributed by atoms with Crippen LogP contribution in [0.5, 0.6) is 0 Å². The number of hydrogen-bond donors (Lipinski definition) is 1. The van der Waals surface area contributed by atoms with Gasteiger partial charge in [-0.1, -0.05) is 6.07 Å². The van der Waals surface area contributed by atoms with Crippen molar-refractivity contribution >= 4 is 17.5 Å². The smallest absolute Gasteiger partial charge is 0.290 e. The zero-order chi connectivity index (χ0) is 19.7. The Hall–Kier alpha value is -2.81. The van der Waals surface area contributed by atoms with Crippen molar-refractivity contribution in [2.45, 2.75) is 25.8 Å². The Balaban J connectivity index is 1.66. The van der Waals surface area contributed by atoms with Crippen molar-refractivity contribution in [1.29, 1.82) is 0 Å². The van der Waals surface area contributed by atoms with Crippen molar-refractivity contribution in [2.75, 3.05) is 31.6 Å². The Bertz CT molecular complexity index is 902. The number of ether oxygens (including phenoxy) is 1. The first kappa shape index (κ1) is 18.5. The Kier molecular flexibility index (Phi) is 5.08. The number of nitrogens with one attached hydrogen (secondary N) is 1. The summed E-state index contributed by atoms with van der Waals surface area (Å²) in [7, 11) is 0. The topological polar surface area (TPSA) is 76.5 Å². The molecule has 2 amide bonds. The molecule has 0 atom stereocenters. The third-order valence-electron chi connectivity index (χ3n) is 5.02. The Morgan fingerprint density at radius 3 is 2.50 bits per heavy atom. The monoisotopic (exact) mass is 390 g/mol. The molecule has 0 saturated carbocycles. The molecular formula is C19H20F2N4O3. The van der Waals surface area contributed by atoms with Crippen molar-refractivity contribution in [3.8, 4) is 0 Å². The molecule has 1 fully saturated rings. The number of nitrogens with zero attached hydrogens (tertiary/aromatic N) is 3. The number of rotatable bonds is 3. The first-order valence-electron chi connectivity index (χ1n) is 9.28. The van der Waals surface area contributed by atoms with Crippen LogP contribution in [-0.2, 0) is 17.7 Å². The number of amides is 2. The molecule has 0 spiro atoms. The molecule has 7 nitrogen and oxygen atoms in total. The molecular weight excluding hydrogens is 370 g/mol. The number of carbonyl (C=O) groups is 2. The molecule has 0 unspecified atom stereocenters. The maximum atomic E-state index is 13.9. The minimum absolute atomic E-state index is 0.0407. The molecule has 3 heterocycles. The van der Waals surface area contributed by atoms with Gasteiger partial charge in [-0.25, -0.2) is 13.8 Å². The van der Waals surface area contributed by atoms with E-state index in [2.05, 4.69) is 10.3 Å². The van der Waals surface area contributed by atoms with Gasteiger partial charge in [-0.3, -0.25) is 9.59 Å². The van der Waals surface area contributed by atoms with Crippen LogP contribution in [0, 0.1) is 11.6 Å². The highest BCUT2D eigenvalue weighted by Gasteiger charge is 2.31. The zero-order valence-corrected chi connectivity index (χ0v) is 15.2. The fourth-order valence-electron chi connectivity index (χ4n) is 3.59. The van der Waals surface area contributed by atoms with Crippen molar-refractivity contribution in [3.63, 3.8) is 0 Å². The van der Waals surface area contributed by atoms with E-state index in [0.717, 1.165) is 25.0 Å². The van der Waals surface area contributed by atoms with E-state index < -0.39 is 23.2 Å². The van der Waals surface area contributed by atoms with Crippen LogP contribution in [0.1, 0.15) is 39.6 Å². The first-order chi connectivity index (χ1) is 13.6. The number of benzene rings is 1. The van der Waals surface area contributed by atoms with Gasteiger partial charge >= 0.3 is 0 Å². The highest BCUT2D eigenvalue weighted by Crippen LogP contribution is 2.24. The zero-order valence-electron chi connectivity index (χ0n) is 15.2. The predicted molar refractivity (Wildman–Crippen MR) is 96.2 cm³/mol. The summed E-state index contributed by atoms with van der Waals surface area (Å²) >= 11 is 0. The Morgan fingerprint density at radius 2 is 1.79 bits per heavy atom. The van der Waals surface area contributed by atoms with Gasteiger partial charge in [-0.05, 0) is 31.4 Å². The maximum absolute atomic E-state index is 13.9. The van der Waals surface area contributed by atoms with E-state index in [0.29, 0.717) is 45.0 Å². The third-order valence-corrected chi connectivity index (χ3v) is 5.02. The number of hydrogen-bond acceptors (Lipinski definition) is 4. The Labute approximate surface area is 160 Å². The van der Waals surface area contributed by atoms with Gasteiger partial charge in [0.15, 0.2) is 11.5 Å². The van der Waals surface area contributed by atoms with E-state index in [1.54, 1.807) is 9.47 Å². The molecule has 1 N–H and O–H groups in total. The number of morpholine rings is 1. The van der Waals surface area contributed by atoms with Crippen LogP contribution in [0.15, 0.2) is 18.2 Å². The second-order valence-corrected chi connectivity index (χ2v) is 6.79. The fourth-order valence-corrected chi connectivity index (χ4v) is 3.59. The molecule has 0 aliphatic carbocycles. The number of para-hydroxylation sites is 1. The van der Waals surface area contributed by atoms with Gasteiger partial charge in [0.2, 0.25) is 0 Å². The highest BCUT2D eigenvalue weighted by molar-refractivity contribution is 6.05. The average Bonchev–Trinajstić information content (AvgIpc) is 3.11. The lowest BCUT2D eigenvalue weighted by molar-refractivity contribution is 0.0291. The molecule has 1 aromatic carbocycles. The lowest BCUT2D eigenvalue weighted by atomic mass is 10.1. The highest BCUT2D eigenvalue weighted by atomic mass is 19.1. The van der Waals surface area contributed by atoms with Crippen molar-refractivity contribution < 1.29 is 23.1 Å². The number of anilines is 1. The molecule has 9 heteroatoms. The summed E-state index contributed by atoms with van der Waals surface area (Å²) in [6.07, 6.45) is 2.30. The first-order valence-corrected chi connectivity index (χ1v) is 9.28. The predicted octanol–water partition coefficient (Wildman–Crippen LogP) is 2.22. The van der Waals surface area contributed by atoms with Crippen LogP contribution in [0.3, 0.4) is 0 Å². The summed E-state index contributed by atoms with van der Waals surface area (Å²) in [5.74, 6) is -2.54. The van der Waals surface area contributed by atoms with Gasteiger partial charge < -0.3 is 19.5 Å². The van der Waals surface area contributed by atoms with E-state index in [1.165, 1.54) is 6.07 Å². The van der Waals surface area contributed by atoms with Gasteiger partial charge in [0.25, 0.3) is 11.8 Å². The minimum Gasteiger partial charge on any atom is -0.378 e. The lowest BCUT2D eigenvalue weighted by Gasteiger charge is -2.27. The van der Waals surface area contributed by atoms with Crippen molar-refractivity contribution in [1.82, 2.24) is 14.5 Å². The molecule has 2 aliphatic heterocycles. The van der Waals surface area contributed by atoms with Crippen LogP contribution in [0.25, 0.3) is 0 Å². The molecule has 0 radical (unpaired) electrons. The summed E-state index contributed by atoms with van der Waals surface area (Å²) in [6.45, 7) is 2.42. The van der Waals surface area contributed by atoms with Crippen LogP contribution in [0.4, 0.5) is 14.5 Å². The van der Waals surface area contributed by atoms with Crippen LogP contribution < -0.4 is 5.32 Å². The van der Waals surface area contributed by atoms with Gasteiger partial charge in [-0.15, -0.1) is 0 Å². The van der Waals surface area contributed by atoms with Gasteiger partial charge in [-0.2, -0.15) is 0 Å². The standard InChI is InChI=1S/C19H20F2N4O3/c20-12-4-3-5-13(21)15(12)23-18(26)16-14-6-1-2-7-25(14)17(22-16)19(27)24-8-10-28-11-9-24/h3-5H,1-2,6-11H2,(H,23,26). The maximum Gasteiger partial charge on any atom is 0.290 e. The van der Waals surface area contributed by atoms with Crippen molar-refractivity contribution in [2.24, 2.45) is 0 Å². The normalized spacial score (nSPS) is 16.6. The van der Waals surface area contributed by atoms with Gasteiger partial charge in [0, 0.05) is 19.6 Å². The number of carbonyl (C=O) groups excluding carboxylic acids is 2. The summed E-state index contributed by atoms with van der Waals surface area (Å²) in [4.78, 5) is 31.6. The quantitative estimate of drug-likeness (QED) is 0.872. The molecule has 1 saturated heterocycles. The van der Waals surface area contributed by atoms with E-state index in [-0.39, 0.29) is 17.4 Å². The second-order valence-electron chi connectivity index (χ2n) is 6.79. The summed E-state index contributed by atoms with van der Waals surface area (Å²) < 4.78 is 34.8. The van der Waals surface area contributed by atoms with E-state index in [1.807, 2.05) is 0 Å². The van der Waals surface area contributed by atoms with E-state index >= 15 is 0 Å². The largest absolute Gasteiger partial charge is 0.378 e. The Morgan fingerprint density at radius 1 is 1.07 bits per heavy atom. The number of halogens is 2. The molecule has 0 bridgehead atoms. The third kappa shape index (κ3) is 3.37. The van der Waals surface area contributed by atoms with Gasteiger partial charge in [0.05, 0.1) is 18.9 Å². The lowest BCUT2D eigenvalue weighted by Crippen LogP contribution is -2.42. The molecule has 1 aromatic heterocycles. The van der Waals surface area contributed by atoms with Crippen LogP contribution in [0.2, 0.25) is 0 Å². The summed E-state index contributed by atoms with van der Waals surface area (Å²) in [6, 6.07) is 3.35. The fraction of sp³-hybridized carbons (Fsp3) is 0.421. The van der Waals surface area contributed by atoms with Crippen LogP contribution in [-0.4, -0.2) is 52.6 Å². The van der Waals surface area contributed by atoms with Crippen LogP contribution >= 0.6 is 0 Å². The minimum atomic E-state index is -0.869. The SMILES string of the molecule is O=C(Nc1c(F)cccc1F)c1nc(C(=O)N2CCOCC2)n2c1CCCC2. The molecule has 2 aromatic rings. The summed E-state index contributed by atoms with van der Waals surface area (Å²) in [5.41, 5.74) is 0.141. The molecule has 28 heavy (non-hydrogen) atoms. The second kappa shape index (κ2) is 7.67. The van der Waals surface area contributed by atoms with E-state index in [4.69, 9.17) is 4.74 Å². The average molecular weight is 390 g/mol. The molecule has 148 valence electrons. The number of imidazole rings is 1. The number of aromatic nitrogens is 2. The summed E-state index contributed by atoms with van der Waals surface area (Å²) in [5, 5.41) is 2.27. The van der Waals surface area contributed by atoms with Gasteiger partial charge in [0.1, 0.15) is 17.3 Å². The van der Waals surface area contributed by atoms with Crippen molar-refractivity contribution in [3.05, 3.63) is 47.0 Å².